The van der Waals surface area contributed by atoms with E-state index in [2.05, 4.69) is 15.0 Å². The van der Waals surface area contributed by atoms with Crippen molar-refractivity contribution < 1.29 is 13.9 Å². The van der Waals surface area contributed by atoms with Crippen LogP contribution < -0.4 is 4.74 Å². The zero-order valence-corrected chi connectivity index (χ0v) is 15.2. The molecule has 4 rings (SSSR count). The fourth-order valence-corrected chi connectivity index (χ4v) is 3.66. The first-order chi connectivity index (χ1) is 13.2. The smallest absolute Gasteiger partial charge is 0.273 e. The van der Waals surface area contributed by atoms with Crippen LogP contribution in [0.1, 0.15) is 34.9 Å². The molecule has 1 saturated heterocycles. The number of nitrogens with zero attached hydrogens (tertiary/aromatic N) is 4. The summed E-state index contributed by atoms with van der Waals surface area (Å²) in [4.78, 5) is 27.1. The minimum absolute atomic E-state index is 0.0537. The molecule has 6 nitrogen and oxygen atoms in total. The minimum atomic E-state index is -0.456. The third-order valence-corrected chi connectivity index (χ3v) is 5.05. The Balaban J connectivity index is 1.50. The van der Waals surface area contributed by atoms with Crippen molar-refractivity contribution in [2.24, 2.45) is 0 Å². The Morgan fingerprint density at radius 3 is 3.00 bits per heavy atom. The van der Waals surface area contributed by atoms with Gasteiger partial charge in [-0.25, -0.2) is 14.4 Å². The van der Waals surface area contributed by atoms with Crippen molar-refractivity contribution in [2.75, 3.05) is 13.1 Å². The van der Waals surface area contributed by atoms with Gasteiger partial charge in [0.2, 0.25) is 5.88 Å². The molecule has 0 aliphatic carbocycles. The largest absolute Gasteiger partial charge is 0.434 e. The lowest BCUT2D eigenvalue weighted by Gasteiger charge is -2.32. The summed E-state index contributed by atoms with van der Waals surface area (Å²) < 4.78 is 19.3. The first kappa shape index (κ1) is 17.5. The SMILES string of the molecule is O=C(c1cscn1)N1CCCC(c2cncc(Oc3ccccc3F)n2)C1. The first-order valence-corrected chi connectivity index (χ1v) is 9.57. The Hall–Kier alpha value is -2.87. The normalized spacial score (nSPS) is 16.9. The molecule has 3 heterocycles. The van der Waals surface area contributed by atoms with E-state index < -0.39 is 5.82 Å². The first-order valence-electron chi connectivity index (χ1n) is 8.62. The van der Waals surface area contributed by atoms with Crippen LogP contribution in [-0.4, -0.2) is 38.8 Å². The van der Waals surface area contributed by atoms with Gasteiger partial charge < -0.3 is 9.64 Å². The van der Waals surface area contributed by atoms with Crippen LogP contribution in [0.3, 0.4) is 0 Å². The molecular weight excluding hydrogens is 367 g/mol. The number of aromatic nitrogens is 3. The van der Waals surface area contributed by atoms with Gasteiger partial charge in [-0.05, 0) is 25.0 Å². The van der Waals surface area contributed by atoms with E-state index in [0.717, 1.165) is 18.5 Å². The molecule has 1 atom stereocenters. The molecular formula is C19H17FN4O2S. The van der Waals surface area contributed by atoms with Crippen molar-refractivity contribution in [3.63, 3.8) is 0 Å². The van der Waals surface area contributed by atoms with Gasteiger partial charge in [0.05, 0.1) is 17.4 Å². The lowest BCUT2D eigenvalue weighted by atomic mass is 9.95. The van der Waals surface area contributed by atoms with Crippen molar-refractivity contribution in [3.05, 3.63) is 64.8 Å². The predicted molar refractivity (Wildman–Crippen MR) is 98.5 cm³/mol. The molecule has 1 aliphatic rings. The molecule has 1 amide bonds. The second kappa shape index (κ2) is 7.79. The van der Waals surface area contributed by atoms with Gasteiger partial charge in [0, 0.05) is 30.6 Å². The van der Waals surface area contributed by atoms with E-state index in [4.69, 9.17) is 4.74 Å². The summed E-state index contributed by atoms with van der Waals surface area (Å²) >= 11 is 1.40. The van der Waals surface area contributed by atoms with Crippen LogP contribution in [0.4, 0.5) is 4.39 Å². The van der Waals surface area contributed by atoms with Gasteiger partial charge in [0.25, 0.3) is 5.91 Å². The topological polar surface area (TPSA) is 68.2 Å². The number of thiazole rings is 1. The van der Waals surface area contributed by atoms with Crippen molar-refractivity contribution in [1.82, 2.24) is 19.9 Å². The fourth-order valence-electron chi connectivity index (χ4n) is 3.13. The molecule has 0 N–H and O–H groups in total. The molecule has 0 saturated carbocycles. The van der Waals surface area contributed by atoms with Gasteiger partial charge in [-0.2, -0.15) is 0 Å². The number of hydrogen-bond acceptors (Lipinski definition) is 6. The van der Waals surface area contributed by atoms with Gasteiger partial charge in [-0.15, -0.1) is 11.3 Å². The van der Waals surface area contributed by atoms with E-state index in [-0.39, 0.29) is 23.5 Å². The summed E-state index contributed by atoms with van der Waals surface area (Å²) in [6.45, 7) is 1.25. The zero-order valence-electron chi connectivity index (χ0n) is 14.4. The van der Waals surface area contributed by atoms with Crippen LogP contribution in [-0.2, 0) is 0 Å². The summed E-state index contributed by atoms with van der Waals surface area (Å²) in [5.74, 6) is -0.124. The number of likely N-dealkylation sites (tertiary alicyclic amines) is 1. The van der Waals surface area contributed by atoms with E-state index in [9.17, 15) is 9.18 Å². The van der Waals surface area contributed by atoms with Gasteiger partial charge in [-0.3, -0.25) is 9.78 Å². The van der Waals surface area contributed by atoms with Gasteiger partial charge in [0.15, 0.2) is 11.6 Å². The number of rotatable bonds is 4. The number of benzene rings is 1. The molecule has 138 valence electrons. The Morgan fingerprint density at radius 2 is 2.19 bits per heavy atom. The highest BCUT2D eigenvalue weighted by Gasteiger charge is 2.27. The third-order valence-electron chi connectivity index (χ3n) is 4.46. The third kappa shape index (κ3) is 3.95. The highest BCUT2D eigenvalue weighted by atomic mass is 32.1. The van der Waals surface area contributed by atoms with Crippen LogP contribution in [0.2, 0.25) is 0 Å². The summed E-state index contributed by atoms with van der Waals surface area (Å²) in [7, 11) is 0. The molecule has 0 bridgehead atoms. The van der Waals surface area contributed by atoms with Crippen molar-refractivity contribution in [1.29, 1.82) is 0 Å². The van der Waals surface area contributed by atoms with Crippen LogP contribution >= 0.6 is 11.3 Å². The number of amides is 1. The summed E-state index contributed by atoms with van der Waals surface area (Å²) in [5, 5.41) is 1.76. The Morgan fingerprint density at radius 1 is 1.30 bits per heavy atom. The van der Waals surface area contributed by atoms with E-state index in [1.807, 2.05) is 0 Å². The highest BCUT2D eigenvalue weighted by molar-refractivity contribution is 7.07. The maximum absolute atomic E-state index is 13.8. The molecule has 3 aromatic rings. The van der Waals surface area contributed by atoms with Crippen LogP contribution in [0.15, 0.2) is 47.5 Å². The van der Waals surface area contributed by atoms with E-state index in [1.54, 1.807) is 40.2 Å². The van der Waals surface area contributed by atoms with Crippen LogP contribution in [0.5, 0.6) is 11.6 Å². The van der Waals surface area contributed by atoms with E-state index >= 15 is 0 Å². The van der Waals surface area contributed by atoms with Crippen LogP contribution in [0.25, 0.3) is 0 Å². The Bertz CT molecular complexity index is 935. The highest BCUT2D eigenvalue weighted by Crippen LogP contribution is 2.28. The maximum atomic E-state index is 13.8. The molecule has 1 unspecified atom stereocenters. The minimum Gasteiger partial charge on any atom is -0.434 e. The van der Waals surface area contributed by atoms with Gasteiger partial charge in [0.1, 0.15) is 5.69 Å². The van der Waals surface area contributed by atoms with E-state index in [0.29, 0.717) is 18.8 Å². The number of carbonyl (C=O) groups is 1. The molecule has 27 heavy (non-hydrogen) atoms. The van der Waals surface area contributed by atoms with E-state index in [1.165, 1.54) is 23.6 Å². The standard InChI is InChI=1S/C19H17FN4O2S/c20-14-5-1-2-6-17(14)26-18-9-21-8-15(23-18)13-4-3-7-24(10-13)19(25)16-11-27-12-22-16/h1-2,5-6,8-9,11-13H,3-4,7,10H2. The molecule has 8 heteroatoms. The lowest BCUT2D eigenvalue weighted by Crippen LogP contribution is -2.39. The summed E-state index contributed by atoms with van der Waals surface area (Å²) in [5.41, 5.74) is 2.87. The quantitative estimate of drug-likeness (QED) is 0.683. The molecule has 0 spiro atoms. The van der Waals surface area contributed by atoms with Crippen LogP contribution in [0, 0.1) is 5.82 Å². The number of ether oxygens (including phenoxy) is 1. The average Bonchev–Trinajstić information content (AvgIpc) is 3.24. The Labute approximate surface area is 159 Å². The number of para-hydroxylation sites is 1. The summed E-state index contributed by atoms with van der Waals surface area (Å²) in [6.07, 6.45) is 4.91. The maximum Gasteiger partial charge on any atom is 0.273 e. The fraction of sp³-hybridized carbons (Fsp3) is 0.263. The second-order valence-corrected chi connectivity index (χ2v) is 7.00. The average molecular weight is 384 g/mol. The van der Waals surface area contributed by atoms with Crippen molar-refractivity contribution in [3.8, 4) is 11.6 Å². The molecule has 2 aromatic heterocycles. The number of carbonyl (C=O) groups excluding carboxylic acids is 1. The number of piperidine rings is 1. The Kier molecular flexibility index (Phi) is 5.06. The molecule has 1 aromatic carbocycles. The zero-order chi connectivity index (χ0) is 18.6. The summed E-state index contributed by atoms with van der Waals surface area (Å²) in [6, 6.07) is 6.16. The van der Waals surface area contributed by atoms with Crippen molar-refractivity contribution >= 4 is 17.2 Å². The van der Waals surface area contributed by atoms with Gasteiger partial charge >= 0.3 is 0 Å². The molecule has 1 aliphatic heterocycles. The second-order valence-electron chi connectivity index (χ2n) is 6.28. The molecule has 1 fully saturated rings. The molecule has 0 radical (unpaired) electrons. The van der Waals surface area contributed by atoms with Crippen molar-refractivity contribution in [2.45, 2.75) is 18.8 Å². The number of hydrogen-bond donors (Lipinski definition) is 0. The monoisotopic (exact) mass is 384 g/mol. The predicted octanol–water partition coefficient (Wildman–Crippen LogP) is 3.88. The lowest BCUT2D eigenvalue weighted by molar-refractivity contribution is 0.0700. The van der Waals surface area contributed by atoms with Gasteiger partial charge in [-0.1, -0.05) is 12.1 Å². The number of halogens is 1.